The van der Waals surface area contributed by atoms with Crippen molar-refractivity contribution in [3.05, 3.63) is 23.8 Å². The predicted molar refractivity (Wildman–Crippen MR) is 90.1 cm³/mol. The lowest BCUT2D eigenvalue weighted by atomic mass is 9.81. The Morgan fingerprint density at radius 3 is 2.43 bits per heavy atom. The van der Waals surface area contributed by atoms with Crippen LogP contribution in [0.3, 0.4) is 0 Å². The number of carbonyl (C=O) groups excluding carboxylic acids is 2. The van der Waals surface area contributed by atoms with E-state index in [9.17, 15) is 9.59 Å². The molecule has 0 heterocycles. The van der Waals surface area contributed by atoms with E-state index >= 15 is 0 Å². The van der Waals surface area contributed by atoms with Gasteiger partial charge in [-0.3, -0.25) is 4.79 Å². The standard InChI is InChI=1S/C17H23NO4S/c1-21-14-11-12(23-3)7-8-13(14)15(19)18-17(16(20)22-2)9-5-4-6-10-17/h7-8,11H,4-6,9-10H2,1-3H3,(H,18,19). The summed E-state index contributed by atoms with van der Waals surface area (Å²) in [6.45, 7) is 0. The van der Waals surface area contributed by atoms with Gasteiger partial charge < -0.3 is 14.8 Å². The number of hydrogen-bond acceptors (Lipinski definition) is 5. The second-order valence-corrected chi connectivity index (χ2v) is 6.53. The Bertz CT molecular complexity index is 582. The van der Waals surface area contributed by atoms with Crippen LogP contribution in [-0.2, 0) is 9.53 Å². The van der Waals surface area contributed by atoms with Gasteiger partial charge in [-0.15, -0.1) is 11.8 Å². The summed E-state index contributed by atoms with van der Waals surface area (Å²) in [5.74, 6) is -0.169. The number of ether oxygens (including phenoxy) is 2. The van der Waals surface area contributed by atoms with Gasteiger partial charge in [-0.2, -0.15) is 0 Å². The first-order chi connectivity index (χ1) is 11.1. The summed E-state index contributed by atoms with van der Waals surface area (Å²) < 4.78 is 10.3. The van der Waals surface area contributed by atoms with E-state index in [1.165, 1.54) is 14.2 Å². The fourth-order valence-corrected chi connectivity index (χ4v) is 3.43. The molecule has 6 heteroatoms. The molecule has 23 heavy (non-hydrogen) atoms. The van der Waals surface area contributed by atoms with Crippen molar-refractivity contribution in [2.24, 2.45) is 0 Å². The van der Waals surface area contributed by atoms with Gasteiger partial charge in [0.1, 0.15) is 11.3 Å². The number of rotatable bonds is 5. The summed E-state index contributed by atoms with van der Waals surface area (Å²) in [6.07, 6.45) is 6.05. The Morgan fingerprint density at radius 2 is 1.87 bits per heavy atom. The molecule has 1 aromatic rings. The van der Waals surface area contributed by atoms with E-state index in [4.69, 9.17) is 9.47 Å². The van der Waals surface area contributed by atoms with Crippen molar-refractivity contribution >= 4 is 23.6 Å². The molecule has 1 aromatic carbocycles. The second kappa shape index (κ2) is 7.73. The van der Waals surface area contributed by atoms with E-state index in [1.807, 2.05) is 18.4 Å². The fraction of sp³-hybridized carbons (Fsp3) is 0.529. The van der Waals surface area contributed by atoms with Crippen molar-refractivity contribution in [1.29, 1.82) is 0 Å². The monoisotopic (exact) mass is 337 g/mol. The fourth-order valence-electron chi connectivity index (χ4n) is 3.00. The zero-order valence-corrected chi connectivity index (χ0v) is 14.6. The molecule has 1 aliphatic carbocycles. The summed E-state index contributed by atoms with van der Waals surface area (Å²) >= 11 is 1.58. The summed E-state index contributed by atoms with van der Waals surface area (Å²) in [5.41, 5.74) is -0.494. The predicted octanol–water partition coefficient (Wildman–Crippen LogP) is 3.02. The molecule has 2 rings (SSSR count). The van der Waals surface area contributed by atoms with Gasteiger partial charge >= 0.3 is 5.97 Å². The van der Waals surface area contributed by atoms with Gasteiger partial charge in [-0.05, 0) is 37.3 Å². The zero-order valence-electron chi connectivity index (χ0n) is 13.8. The van der Waals surface area contributed by atoms with Crippen molar-refractivity contribution in [1.82, 2.24) is 5.32 Å². The minimum Gasteiger partial charge on any atom is -0.496 e. The molecule has 1 fully saturated rings. The molecule has 1 aliphatic rings. The van der Waals surface area contributed by atoms with Crippen LogP contribution in [0.5, 0.6) is 5.75 Å². The van der Waals surface area contributed by atoms with Crippen LogP contribution in [0.15, 0.2) is 23.1 Å². The molecule has 0 atom stereocenters. The lowest BCUT2D eigenvalue weighted by Crippen LogP contribution is -2.56. The minimum atomic E-state index is -0.923. The van der Waals surface area contributed by atoms with E-state index < -0.39 is 5.54 Å². The molecule has 1 amide bonds. The normalized spacial score (nSPS) is 16.5. The number of thioether (sulfide) groups is 1. The van der Waals surface area contributed by atoms with Crippen LogP contribution in [0.2, 0.25) is 0 Å². The molecular formula is C17H23NO4S. The highest BCUT2D eigenvalue weighted by Crippen LogP contribution is 2.31. The largest absolute Gasteiger partial charge is 0.496 e. The topological polar surface area (TPSA) is 64.6 Å². The van der Waals surface area contributed by atoms with Crippen LogP contribution in [0.4, 0.5) is 0 Å². The number of carbonyl (C=O) groups is 2. The quantitative estimate of drug-likeness (QED) is 0.661. The van der Waals surface area contributed by atoms with E-state index in [-0.39, 0.29) is 11.9 Å². The first-order valence-corrected chi connectivity index (χ1v) is 8.92. The summed E-state index contributed by atoms with van der Waals surface area (Å²) in [4.78, 5) is 26.0. The molecular weight excluding hydrogens is 314 g/mol. The van der Waals surface area contributed by atoms with Gasteiger partial charge in [-0.1, -0.05) is 19.3 Å². The van der Waals surface area contributed by atoms with Crippen LogP contribution >= 0.6 is 11.8 Å². The van der Waals surface area contributed by atoms with Crippen LogP contribution in [0.1, 0.15) is 42.5 Å². The van der Waals surface area contributed by atoms with Crippen LogP contribution in [-0.4, -0.2) is 37.9 Å². The highest BCUT2D eigenvalue weighted by atomic mass is 32.2. The van der Waals surface area contributed by atoms with Crippen molar-refractivity contribution in [2.45, 2.75) is 42.5 Å². The van der Waals surface area contributed by atoms with Crippen molar-refractivity contribution in [2.75, 3.05) is 20.5 Å². The molecule has 126 valence electrons. The van der Waals surface area contributed by atoms with Crippen LogP contribution in [0.25, 0.3) is 0 Å². The number of esters is 1. The second-order valence-electron chi connectivity index (χ2n) is 5.65. The maximum Gasteiger partial charge on any atom is 0.331 e. The zero-order chi connectivity index (χ0) is 16.9. The molecule has 0 unspecified atom stereocenters. The highest BCUT2D eigenvalue weighted by molar-refractivity contribution is 7.98. The first kappa shape index (κ1) is 17.7. The molecule has 1 saturated carbocycles. The summed E-state index contributed by atoms with van der Waals surface area (Å²) in [7, 11) is 2.89. The lowest BCUT2D eigenvalue weighted by molar-refractivity contribution is -0.149. The maximum atomic E-state index is 12.7. The Hall–Kier alpha value is -1.69. The molecule has 0 aromatic heterocycles. The van der Waals surface area contributed by atoms with E-state index in [0.29, 0.717) is 24.2 Å². The molecule has 0 aliphatic heterocycles. The van der Waals surface area contributed by atoms with Crippen molar-refractivity contribution in [3.63, 3.8) is 0 Å². The number of benzene rings is 1. The third-order valence-corrected chi connectivity index (χ3v) is 5.01. The molecule has 0 saturated heterocycles. The smallest absolute Gasteiger partial charge is 0.331 e. The number of methoxy groups -OCH3 is 2. The van der Waals surface area contributed by atoms with Gasteiger partial charge in [-0.25, -0.2) is 4.79 Å². The summed E-state index contributed by atoms with van der Waals surface area (Å²) in [5, 5.41) is 2.91. The van der Waals surface area contributed by atoms with Crippen LogP contribution in [0, 0.1) is 0 Å². The van der Waals surface area contributed by atoms with Gasteiger partial charge in [0.15, 0.2) is 0 Å². The molecule has 0 spiro atoms. The lowest BCUT2D eigenvalue weighted by Gasteiger charge is -2.35. The number of nitrogens with one attached hydrogen (secondary N) is 1. The highest BCUT2D eigenvalue weighted by Gasteiger charge is 2.42. The Kier molecular flexibility index (Phi) is 5.93. The third-order valence-electron chi connectivity index (χ3n) is 4.29. The van der Waals surface area contributed by atoms with Crippen LogP contribution < -0.4 is 10.1 Å². The Morgan fingerprint density at radius 1 is 1.17 bits per heavy atom. The van der Waals surface area contributed by atoms with Gasteiger partial charge in [0.25, 0.3) is 5.91 Å². The number of hydrogen-bond donors (Lipinski definition) is 1. The van der Waals surface area contributed by atoms with Crippen molar-refractivity contribution < 1.29 is 19.1 Å². The van der Waals surface area contributed by atoms with E-state index in [0.717, 1.165) is 24.2 Å². The SMILES string of the molecule is COC(=O)C1(NC(=O)c2ccc(SC)cc2OC)CCCCC1. The first-order valence-electron chi connectivity index (χ1n) is 7.69. The average Bonchev–Trinajstić information content (AvgIpc) is 2.60. The van der Waals surface area contributed by atoms with Gasteiger partial charge in [0.2, 0.25) is 0 Å². The van der Waals surface area contributed by atoms with E-state index in [2.05, 4.69) is 5.32 Å². The average molecular weight is 337 g/mol. The Balaban J connectivity index is 2.27. The maximum absolute atomic E-state index is 12.7. The number of amides is 1. The van der Waals surface area contributed by atoms with Gasteiger partial charge in [0.05, 0.1) is 19.8 Å². The Labute approximate surface area is 141 Å². The molecule has 5 nitrogen and oxygen atoms in total. The van der Waals surface area contributed by atoms with Crippen molar-refractivity contribution in [3.8, 4) is 5.75 Å². The van der Waals surface area contributed by atoms with Gasteiger partial charge in [0, 0.05) is 4.90 Å². The molecule has 0 bridgehead atoms. The van der Waals surface area contributed by atoms with E-state index in [1.54, 1.807) is 17.8 Å². The molecule has 1 N–H and O–H groups in total. The molecule has 0 radical (unpaired) electrons. The minimum absolute atomic E-state index is 0.304. The third kappa shape index (κ3) is 3.80. The summed E-state index contributed by atoms with van der Waals surface area (Å²) in [6, 6.07) is 5.42.